The molecule has 0 spiro atoms. The quantitative estimate of drug-likeness (QED) is 0.215. The Balaban J connectivity index is 1.18. The van der Waals surface area contributed by atoms with Crippen LogP contribution >= 0.6 is 11.8 Å². The Hall–Kier alpha value is -4.31. The van der Waals surface area contributed by atoms with E-state index in [2.05, 4.69) is 27.8 Å². The fourth-order valence-corrected chi connectivity index (χ4v) is 7.34. The third-order valence-electron chi connectivity index (χ3n) is 9.10. The Bertz CT molecular complexity index is 1790. The third-order valence-corrected chi connectivity index (χ3v) is 10.2. The van der Waals surface area contributed by atoms with Crippen molar-refractivity contribution in [2.75, 3.05) is 12.3 Å². The van der Waals surface area contributed by atoms with E-state index >= 15 is 0 Å². The number of amides is 2. The van der Waals surface area contributed by atoms with Crippen molar-refractivity contribution in [1.29, 1.82) is 0 Å². The predicted octanol–water partition coefficient (Wildman–Crippen LogP) is 5.12. The number of likely N-dealkylation sites (tertiary alicyclic amines) is 1. The van der Waals surface area contributed by atoms with Crippen molar-refractivity contribution in [3.8, 4) is 11.1 Å². The van der Waals surface area contributed by atoms with E-state index < -0.39 is 30.3 Å². The van der Waals surface area contributed by atoms with Crippen molar-refractivity contribution >= 4 is 23.6 Å². The lowest BCUT2D eigenvalue weighted by Gasteiger charge is -2.41. The Kier molecular flexibility index (Phi) is 10.9. The van der Waals surface area contributed by atoms with Crippen LogP contribution in [0.5, 0.6) is 0 Å². The number of ether oxygens (including phenoxy) is 2. The van der Waals surface area contributed by atoms with Gasteiger partial charge in [-0.05, 0) is 51.1 Å². The second-order valence-electron chi connectivity index (χ2n) is 12.4. The van der Waals surface area contributed by atoms with Gasteiger partial charge in [-0.25, -0.2) is 4.68 Å². The van der Waals surface area contributed by atoms with Crippen molar-refractivity contribution in [3.05, 3.63) is 95.1 Å². The van der Waals surface area contributed by atoms with Crippen LogP contribution in [0.2, 0.25) is 0 Å². The highest BCUT2D eigenvalue weighted by atomic mass is 32.2. The maximum Gasteiger partial charge on any atom is 0.471 e. The fraction of sp³-hybridized carbons (Fsp3) is 0.400. The first-order chi connectivity index (χ1) is 24.0. The minimum atomic E-state index is -5.03. The Morgan fingerprint density at radius 3 is 2.42 bits per heavy atom. The highest BCUT2D eigenvalue weighted by Crippen LogP contribution is 2.43. The van der Waals surface area contributed by atoms with Gasteiger partial charge in [-0.3, -0.25) is 9.59 Å². The number of hydrogen-bond acceptors (Lipinski definition) is 9. The minimum Gasteiger partial charge on any atom is -0.392 e. The molecule has 1 aromatic heterocycles. The molecule has 15 heteroatoms. The number of carbonyl (C=O) groups excluding carboxylic acids is 2. The maximum absolute atomic E-state index is 13.1. The van der Waals surface area contributed by atoms with E-state index in [1.807, 2.05) is 72.8 Å². The molecule has 5 atom stereocenters. The van der Waals surface area contributed by atoms with Gasteiger partial charge in [0.2, 0.25) is 11.1 Å². The molecule has 0 bridgehead atoms. The molecular formula is C35H37F3N6O5S. The van der Waals surface area contributed by atoms with Crippen LogP contribution in [0.4, 0.5) is 13.2 Å². The van der Waals surface area contributed by atoms with Crippen LogP contribution in [0.3, 0.4) is 0 Å². The van der Waals surface area contributed by atoms with Crippen LogP contribution in [0.25, 0.3) is 11.1 Å². The standard InChI is InChI=1S/C35H37F3N6O5S/c1-21-29(20-50-34-40-41-42-43(34)2)48-32(49-30(21)24-11-9-22(19-45)10-12-24)25-15-13-23(14-16-25)27-7-4-3-6-26(27)18-39-31(46)28-8-5-17-44(28)33(47)35(36,37)38/h3-4,6-7,9-16,21,28-30,32,45H,5,8,17-20H2,1-2H3,(H,39,46)/t21-,28-,29+,30+,32+/m0/s1. The second-order valence-corrected chi connectivity index (χ2v) is 13.4. The van der Waals surface area contributed by atoms with Crippen LogP contribution in [-0.4, -0.2) is 72.6 Å². The number of nitrogens with zero attached hydrogens (tertiary/aromatic N) is 5. The lowest BCUT2D eigenvalue weighted by atomic mass is 9.91. The van der Waals surface area contributed by atoms with Gasteiger partial charge >= 0.3 is 12.1 Å². The highest BCUT2D eigenvalue weighted by Gasteiger charge is 2.47. The van der Waals surface area contributed by atoms with E-state index in [0.29, 0.717) is 22.2 Å². The Morgan fingerprint density at radius 2 is 1.74 bits per heavy atom. The summed E-state index contributed by atoms with van der Waals surface area (Å²) in [6, 6.07) is 21.7. The van der Waals surface area contributed by atoms with E-state index in [4.69, 9.17) is 9.47 Å². The smallest absolute Gasteiger partial charge is 0.392 e. The SMILES string of the molecule is C[C@H]1[C@@H](CSc2nnnn2C)O[C@@H](c2ccc(-c3ccccc3CNC(=O)[C@@H]3CCCN3C(=O)C(F)(F)F)cc2)O[C@H]1c1ccc(CO)cc1. The number of nitrogens with one attached hydrogen (secondary N) is 1. The Morgan fingerprint density at radius 1 is 1.02 bits per heavy atom. The molecule has 2 aliphatic rings. The van der Waals surface area contributed by atoms with Gasteiger partial charge in [0.15, 0.2) is 6.29 Å². The maximum atomic E-state index is 13.1. The summed E-state index contributed by atoms with van der Waals surface area (Å²) in [7, 11) is 1.78. The lowest BCUT2D eigenvalue weighted by molar-refractivity contribution is -0.268. The van der Waals surface area contributed by atoms with Crippen molar-refractivity contribution in [2.24, 2.45) is 13.0 Å². The molecule has 4 aromatic rings. The van der Waals surface area contributed by atoms with Crippen molar-refractivity contribution in [2.45, 2.75) is 68.8 Å². The van der Waals surface area contributed by atoms with Gasteiger partial charge in [0.25, 0.3) is 0 Å². The number of halogens is 3. The van der Waals surface area contributed by atoms with Crippen LogP contribution in [-0.2, 0) is 39.3 Å². The van der Waals surface area contributed by atoms with Crippen molar-refractivity contribution in [1.82, 2.24) is 30.4 Å². The molecule has 264 valence electrons. The lowest BCUT2D eigenvalue weighted by Crippen LogP contribution is -2.50. The van der Waals surface area contributed by atoms with Crippen molar-refractivity contribution in [3.63, 3.8) is 0 Å². The zero-order valence-corrected chi connectivity index (χ0v) is 28.2. The molecule has 2 aliphatic heterocycles. The molecule has 2 N–H and O–H groups in total. The van der Waals surface area contributed by atoms with Crippen LogP contribution in [0.15, 0.2) is 78.0 Å². The molecule has 11 nitrogen and oxygen atoms in total. The molecule has 2 amide bonds. The number of benzene rings is 3. The zero-order valence-electron chi connectivity index (χ0n) is 27.4. The van der Waals surface area contributed by atoms with Gasteiger partial charge in [-0.2, -0.15) is 13.2 Å². The first-order valence-electron chi connectivity index (χ1n) is 16.2. The number of aliphatic hydroxyl groups is 1. The molecule has 2 fully saturated rings. The van der Waals surface area contributed by atoms with Crippen LogP contribution in [0.1, 0.15) is 54.4 Å². The van der Waals surface area contributed by atoms with Gasteiger partial charge in [0.05, 0.1) is 18.8 Å². The molecule has 0 saturated carbocycles. The molecular weight excluding hydrogens is 673 g/mol. The first-order valence-corrected chi connectivity index (χ1v) is 17.2. The van der Waals surface area contributed by atoms with Gasteiger partial charge in [0.1, 0.15) is 6.04 Å². The average molecular weight is 711 g/mol. The van der Waals surface area contributed by atoms with E-state index in [9.17, 15) is 27.9 Å². The summed E-state index contributed by atoms with van der Waals surface area (Å²) < 4.78 is 54.0. The van der Waals surface area contributed by atoms with E-state index in [1.165, 1.54) is 11.8 Å². The number of aliphatic hydroxyl groups excluding tert-OH is 1. The molecule has 0 unspecified atom stereocenters. The number of hydrogen-bond donors (Lipinski definition) is 2. The number of thioether (sulfide) groups is 1. The summed E-state index contributed by atoms with van der Waals surface area (Å²) >= 11 is 1.50. The van der Waals surface area contributed by atoms with Gasteiger partial charge in [0, 0.05) is 37.4 Å². The average Bonchev–Trinajstić information content (AvgIpc) is 3.79. The molecule has 2 saturated heterocycles. The molecule has 0 radical (unpaired) electrons. The van der Waals surface area contributed by atoms with Crippen LogP contribution < -0.4 is 5.32 Å². The molecule has 6 rings (SSSR count). The molecule has 3 aromatic carbocycles. The summed E-state index contributed by atoms with van der Waals surface area (Å²) in [5.41, 5.74) is 5.03. The molecule has 50 heavy (non-hydrogen) atoms. The Labute approximate surface area is 291 Å². The summed E-state index contributed by atoms with van der Waals surface area (Å²) in [6.45, 7) is 1.99. The predicted molar refractivity (Wildman–Crippen MR) is 177 cm³/mol. The first kappa shape index (κ1) is 35.5. The van der Waals surface area contributed by atoms with Gasteiger partial charge in [-0.1, -0.05) is 91.5 Å². The summed E-state index contributed by atoms with van der Waals surface area (Å²) in [5.74, 6) is -2.05. The number of aryl methyl sites for hydroxylation is 1. The monoisotopic (exact) mass is 710 g/mol. The minimum absolute atomic E-state index is 0.0239. The molecule has 3 heterocycles. The van der Waals surface area contributed by atoms with Crippen molar-refractivity contribution < 1.29 is 37.3 Å². The van der Waals surface area contributed by atoms with E-state index in [0.717, 1.165) is 33.4 Å². The highest BCUT2D eigenvalue weighted by molar-refractivity contribution is 7.99. The topological polar surface area (TPSA) is 132 Å². The van der Waals surface area contributed by atoms with Gasteiger partial charge in [-0.15, -0.1) is 5.10 Å². The second kappa shape index (κ2) is 15.3. The third kappa shape index (κ3) is 7.85. The number of carbonyl (C=O) groups is 2. The summed E-state index contributed by atoms with van der Waals surface area (Å²) in [6.07, 6.45) is -5.73. The summed E-state index contributed by atoms with van der Waals surface area (Å²) in [4.78, 5) is 25.4. The van der Waals surface area contributed by atoms with E-state index in [-0.39, 0.29) is 44.2 Å². The normalized spacial score (nSPS) is 22.4. The number of aromatic nitrogens is 4. The van der Waals surface area contributed by atoms with Crippen LogP contribution in [0, 0.1) is 5.92 Å². The number of tetrazole rings is 1. The molecule has 0 aliphatic carbocycles. The summed E-state index contributed by atoms with van der Waals surface area (Å²) in [5, 5.41) is 24.7. The largest absolute Gasteiger partial charge is 0.471 e. The van der Waals surface area contributed by atoms with Gasteiger partial charge < -0.3 is 24.8 Å². The van der Waals surface area contributed by atoms with E-state index in [1.54, 1.807) is 11.7 Å². The number of alkyl halides is 3. The fourth-order valence-electron chi connectivity index (χ4n) is 6.33. The number of rotatable bonds is 10. The zero-order chi connectivity index (χ0) is 35.4.